The van der Waals surface area contributed by atoms with Crippen LogP contribution in [0.4, 0.5) is 0 Å². The first-order valence-corrected chi connectivity index (χ1v) is 11.1. The molecule has 3 aromatic rings. The lowest BCUT2D eigenvalue weighted by atomic mass is 10.0. The second kappa shape index (κ2) is 10.2. The highest BCUT2D eigenvalue weighted by atomic mass is 16.5. The second-order valence-electron chi connectivity index (χ2n) is 8.23. The van der Waals surface area contributed by atoms with Crippen molar-refractivity contribution in [3.63, 3.8) is 0 Å². The Morgan fingerprint density at radius 2 is 1.56 bits per heavy atom. The third-order valence-electron chi connectivity index (χ3n) is 5.80. The van der Waals surface area contributed by atoms with Gasteiger partial charge < -0.3 is 14.4 Å². The topological polar surface area (TPSA) is 55.8 Å². The van der Waals surface area contributed by atoms with Gasteiger partial charge in [-0.3, -0.25) is 4.79 Å². The van der Waals surface area contributed by atoms with Gasteiger partial charge in [-0.15, -0.1) is 0 Å². The SMILES string of the molecule is COC(=O)C1=C(C)N(Cc2ccc(C)cc2)C(=O)/C1=C\c1ccc(OCc2ccccc2)cc1. The van der Waals surface area contributed by atoms with Gasteiger partial charge >= 0.3 is 5.97 Å². The van der Waals surface area contributed by atoms with Crippen molar-refractivity contribution < 1.29 is 19.1 Å². The third kappa shape index (κ3) is 5.09. The second-order valence-corrected chi connectivity index (χ2v) is 8.23. The van der Waals surface area contributed by atoms with Gasteiger partial charge in [-0.1, -0.05) is 72.3 Å². The molecule has 0 bridgehead atoms. The maximum Gasteiger partial charge on any atom is 0.340 e. The summed E-state index contributed by atoms with van der Waals surface area (Å²) in [5.41, 5.74) is 5.23. The van der Waals surface area contributed by atoms with E-state index in [4.69, 9.17) is 9.47 Å². The molecule has 0 saturated heterocycles. The number of rotatable bonds is 7. The third-order valence-corrected chi connectivity index (χ3v) is 5.80. The van der Waals surface area contributed by atoms with E-state index in [-0.39, 0.29) is 5.91 Å². The molecule has 0 fully saturated rings. The minimum atomic E-state index is -0.522. The molecular formula is C29H27NO4. The molecule has 3 aromatic carbocycles. The molecule has 1 aliphatic rings. The monoisotopic (exact) mass is 453 g/mol. The maximum absolute atomic E-state index is 13.3. The Kier molecular flexibility index (Phi) is 6.93. The highest BCUT2D eigenvalue weighted by Crippen LogP contribution is 2.33. The van der Waals surface area contributed by atoms with Gasteiger partial charge in [0, 0.05) is 5.70 Å². The largest absolute Gasteiger partial charge is 0.489 e. The standard InChI is InChI=1S/C29H27NO4/c1-20-9-11-23(12-10-20)18-30-21(2)27(29(32)33-3)26(28(30)31)17-22-13-15-25(16-14-22)34-19-24-7-5-4-6-8-24/h4-17H,18-19H2,1-3H3/b26-17-. The minimum Gasteiger partial charge on any atom is -0.489 e. The maximum atomic E-state index is 13.3. The molecular weight excluding hydrogens is 426 g/mol. The van der Waals surface area contributed by atoms with Crippen LogP contribution in [0, 0.1) is 6.92 Å². The quantitative estimate of drug-likeness (QED) is 0.353. The van der Waals surface area contributed by atoms with Crippen LogP contribution >= 0.6 is 0 Å². The van der Waals surface area contributed by atoms with Crippen molar-refractivity contribution in [3.8, 4) is 5.75 Å². The van der Waals surface area contributed by atoms with Crippen LogP contribution in [0.3, 0.4) is 0 Å². The van der Waals surface area contributed by atoms with E-state index in [1.165, 1.54) is 7.11 Å². The van der Waals surface area contributed by atoms with Crippen LogP contribution in [-0.4, -0.2) is 23.9 Å². The Hall–Kier alpha value is -4.12. The van der Waals surface area contributed by atoms with Crippen molar-refractivity contribution in [2.45, 2.75) is 27.0 Å². The molecule has 5 heteroatoms. The molecule has 5 nitrogen and oxygen atoms in total. The average Bonchev–Trinajstić information content (AvgIpc) is 3.09. The number of carbonyl (C=O) groups is 2. The summed E-state index contributed by atoms with van der Waals surface area (Å²) in [5.74, 6) is -0.0149. The first-order valence-electron chi connectivity index (χ1n) is 11.1. The number of hydrogen-bond acceptors (Lipinski definition) is 4. The number of nitrogens with zero attached hydrogens (tertiary/aromatic N) is 1. The van der Waals surface area contributed by atoms with E-state index < -0.39 is 5.97 Å². The van der Waals surface area contributed by atoms with Crippen molar-refractivity contribution in [1.82, 2.24) is 4.90 Å². The number of amides is 1. The molecule has 0 N–H and O–H groups in total. The summed E-state index contributed by atoms with van der Waals surface area (Å²) < 4.78 is 10.8. The van der Waals surface area contributed by atoms with E-state index in [0.717, 1.165) is 28.0 Å². The smallest absolute Gasteiger partial charge is 0.340 e. The van der Waals surface area contributed by atoms with Gasteiger partial charge in [-0.05, 0) is 48.7 Å². The fourth-order valence-corrected chi connectivity index (χ4v) is 3.86. The molecule has 172 valence electrons. The van der Waals surface area contributed by atoms with Gasteiger partial charge in [0.2, 0.25) is 0 Å². The Morgan fingerprint density at radius 1 is 0.882 bits per heavy atom. The highest BCUT2D eigenvalue weighted by molar-refractivity contribution is 6.16. The Labute approximate surface area is 199 Å². The van der Waals surface area contributed by atoms with Crippen LogP contribution in [0.1, 0.15) is 29.2 Å². The summed E-state index contributed by atoms with van der Waals surface area (Å²) in [6, 6.07) is 25.4. The molecule has 1 heterocycles. The predicted molar refractivity (Wildman–Crippen MR) is 132 cm³/mol. The fourth-order valence-electron chi connectivity index (χ4n) is 3.86. The first-order chi connectivity index (χ1) is 16.5. The molecule has 0 aliphatic carbocycles. The normalized spacial score (nSPS) is 14.6. The van der Waals surface area contributed by atoms with E-state index in [2.05, 4.69) is 0 Å². The highest BCUT2D eigenvalue weighted by Gasteiger charge is 2.36. The number of methoxy groups -OCH3 is 1. The van der Waals surface area contributed by atoms with Crippen LogP contribution in [0.5, 0.6) is 5.75 Å². The van der Waals surface area contributed by atoms with E-state index in [1.807, 2.05) is 85.8 Å². The fraction of sp³-hybridized carbons (Fsp3) is 0.172. The Balaban J connectivity index is 1.56. The molecule has 0 saturated carbocycles. The number of aryl methyl sites for hydroxylation is 1. The number of benzene rings is 3. The Bertz CT molecular complexity index is 1240. The van der Waals surface area contributed by atoms with Gasteiger partial charge in [0.1, 0.15) is 12.4 Å². The number of carbonyl (C=O) groups excluding carboxylic acids is 2. The van der Waals surface area contributed by atoms with Gasteiger partial charge in [-0.25, -0.2) is 4.79 Å². The summed E-state index contributed by atoms with van der Waals surface area (Å²) >= 11 is 0. The summed E-state index contributed by atoms with van der Waals surface area (Å²) in [4.78, 5) is 27.5. The number of ether oxygens (including phenoxy) is 2. The van der Waals surface area contributed by atoms with Crippen LogP contribution in [0.2, 0.25) is 0 Å². The summed E-state index contributed by atoms with van der Waals surface area (Å²) in [6.07, 6.45) is 1.73. The van der Waals surface area contributed by atoms with E-state index in [1.54, 1.807) is 17.9 Å². The zero-order valence-corrected chi connectivity index (χ0v) is 19.6. The van der Waals surface area contributed by atoms with Gasteiger partial charge in [-0.2, -0.15) is 0 Å². The molecule has 0 aromatic heterocycles. The lowest BCUT2D eigenvalue weighted by Gasteiger charge is -2.18. The lowest BCUT2D eigenvalue weighted by molar-refractivity contribution is -0.136. The zero-order chi connectivity index (χ0) is 24.1. The van der Waals surface area contributed by atoms with Crippen molar-refractivity contribution in [3.05, 3.63) is 118 Å². The van der Waals surface area contributed by atoms with Gasteiger partial charge in [0.25, 0.3) is 5.91 Å². The molecule has 0 spiro atoms. The van der Waals surface area contributed by atoms with Crippen LogP contribution in [0.25, 0.3) is 6.08 Å². The lowest BCUT2D eigenvalue weighted by Crippen LogP contribution is -2.24. The summed E-state index contributed by atoms with van der Waals surface area (Å²) in [7, 11) is 1.33. The van der Waals surface area contributed by atoms with E-state index >= 15 is 0 Å². The summed E-state index contributed by atoms with van der Waals surface area (Å²) in [6.45, 7) is 4.65. The van der Waals surface area contributed by atoms with Crippen molar-refractivity contribution >= 4 is 18.0 Å². The molecule has 1 aliphatic heterocycles. The van der Waals surface area contributed by atoms with Crippen molar-refractivity contribution in [1.29, 1.82) is 0 Å². The van der Waals surface area contributed by atoms with Gasteiger partial charge in [0.05, 0.1) is 24.8 Å². The number of allylic oxidation sites excluding steroid dienone is 1. The molecule has 34 heavy (non-hydrogen) atoms. The van der Waals surface area contributed by atoms with Crippen LogP contribution in [-0.2, 0) is 27.5 Å². The van der Waals surface area contributed by atoms with Crippen molar-refractivity contribution in [2.75, 3.05) is 7.11 Å². The predicted octanol–water partition coefficient (Wildman–Crippen LogP) is 5.45. The van der Waals surface area contributed by atoms with Crippen molar-refractivity contribution in [2.24, 2.45) is 0 Å². The molecule has 0 unspecified atom stereocenters. The molecule has 4 rings (SSSR count). The first kappa shape index (κ1) is 23.1. The minimum absolute atomic E-state index is 0.220. The number of esters is 1. The van der Waals surface area contributed by atoms with Crippen LogP contribution in [0.15, 0.2) is 95.7 Å². The molecule has 1 amide bonds. The van der Waals surface area contributed by atoms with Crippen LogP contribution < -0.4 is 4.74 Å². The molecule has 0 radical (unpaired) electrons. The average molecular weight is 454 g/mol. The van der Waals surface area contributed by atoms with E-state index in [0.29, 0.717) is 30.0 Å². The zero-order valence-electron chi connectivity index (χ0n) is 19.6. The Morgan fingerprint density at radius 3 is 2.21 bits per heavy atom. The summed E-state index contributed by atoms with van der Waals surface area (Å²) in [5, 5.41) is 0. The van der Waals surface area contributed by atoms with E-state index in [9.17, 15) is 9.59 Å². The molecule has 0 atom stereocenters. The van der Waals surface area contributed by atoms with Gasteiger partial charge in [0.15, 0.2) is 0 Å². The number of hydrogen-bond donors (Lipinski definition) is 0.